The van der Waals surface area contributed by atoms with Gasteiger partial charge in [-0.05, 0) is 12.5 Å². The van der Waals surface area contributed by atoms with Gasteiger partial charge in [-0.2, -0.15) is 0 Å². The SMILES string of the molecule is CC[C@@H](O)c1cc(Cl)c(OC)cc1Cl. The minimum absolute atomic E-state index is 0.458. The first kappa shape index (κ1) is 11.6. The summed E-state index contributed by atoms with van der Waals surface area (Å²) >= 11 is 11.9. The van der Waals surface area contributed by atoms with Gasteiger partial charge < -0.3 is 9.84 Å². The largest absolute Gasteiger partial charge is 0.495 e. The van der Waals surface area contributed by atoms with E-state index in [0.717, 1.165) is 0 Å². The number of aliphatic hydroxyl groups excluding tert-OH is 1. The van der Waals surface area contributed by atoms with E-state index >= 15 is 0 Å². The molecule has 0 saturated heterocycles. The molecule has 0 amide bonds. The van der Waals surface area contributed by atoms with Crippen LogP contribution in [0, 0.1) is 0 Å². The summed E-state index contributed by atoms with van der Waals surface area (Å²) in [7, 11) is 1.52. The van der Waals surface area contributed by atoms with Crippen LogP contribution in [0.1, 0.15) is 25.0 Å². The molecule has 2 nitrogen and oxygen atoms in total. The average molecular weight is 235 g/mol. The number of hydrogen-bond donors (Lipinski definition) is 1. The minimum atomic E-state index is -0.578. The molecule has 1 N–H and O–H groups in total. The molecule has 1 aromatic rings. The van der Waals surface area contributed by atoms with E-state index in [0.29, 0.717) is 27.8 Å². The first-order chi connectivity index (χ1) is 6.60. The number of benzene rings is 1. The van der Waals surface area contributed by atoms with Crippen LogP contribution in [0.3, 0.4) is 0 Å². The summed E-state index contributed by atoms with van der Waals surface area (Å²) in [6, 6.07) is 3.25. The van der Waals surface area contributed by atoms with Crippen molar-refractivity contribution in [2.75, 3.05) is 7.11 Å². The number of halogens is 2. The van der Waals surface area contributed by atoms with Gasteiger partial charge in [-0.3, -0.25) is 0 Å². The molecule has 0 aliphatic carbocycles. The molecular formula is C10H12Cl2O2. The number of rotatable bonds is 3. The molecule has 0 aliphatic heterocycles. The van der Waals surface area contributed by atoms with Gasteiger partial charge in [-0.15, -0.1) is 0 Å². The van der Waals surface area contributed by atoms with E-state index < -0.39 is 6.10 Å². The van der Waals surface area contributed by atoms with Crippen molar-refractivity contribution in [3.63, 3.8) is 0 Å². The zero-order valence-electron chi connectivity index (χ0n) is 8.05. The highest BCUT2D eigenvalue weighted by atomic mass is 35.5. The van der Waals surface area contributed by atoms with Gasteiger partial charge in [0.15, 0.2) is 0 Å². The molecule has 4 heteroatoms. The van der Waals surface area contributed by atoms with Gasteiger partial charge in [-0.1, -0.05) is 30.1 Å². The molecule has 0 radical (unpaired) electrons. The Morgan fingerprint density at radius 3 is 2.50 bits per heavy atom. The Kier molecular flexibility index (Phi) is 4.05. The molecule has 0 bridgehead atoms. The lowest BCUT2D eigenvalue weighted by atomic mass is 10.1. The molecule has 1 rings (SSSR count). The summed E-state index contributed by atoms with van der Waals surface area (Å²) in [5.41, 5.74) is 0.639. The number of methoxy groups -OCH3 is 1. The summed E-state index contributed by atoms with van der Waals surface area (Å²) in [5, 5.41) is 10.5. The van der Waals surface area contributed by atoms with E-state index in [4.69, 9.17) is 27.9 Å². The molecule has 14 heavy (non-hydrogen) atoms. The lowest BCUT2D eigenvalue weighted by molar-refractivity contribution is 0.173. The number of aliphatic hydroxyl groups is 1. The van der Waals surface area contributed by atoms with Gasteiger partial charge in [-0.25, -0.2) is 0 Å². The highest BCUT2D eigenvalue weighted by molar-refractivity contribution is 6.34. The molecule has 1 atom stereocenters. The Hall–Kier alpha value is -0.440. The van der Waals surface area contributed by atoms with Crippen LogP contribution in [0.25, 0.3) is 0 Å². The monoisotopic (exact) mass is 234 g/mol. The zero-order chi connectivity index (χ0) is 10.7. The van der Waals surface area contributed by atoms with Crippen LogP contribution in [0.4, 0.5) is 0 Å². The topological polar surface area (TPSA) is 29.5 Å². The molecule has 0 aliphatic rings. The van der Waals surface area contributed by atoms with Crippen LogP contribution in [0.2, 0.25) is 10.0 Å². The average Bonchev–Trinajstić information content (AvgIpc) is 2.19. The minimum Gasteiger partial charge on any atom is -0.495 e. The second kappa shape index (κ2) is 4.87. The van der Waals surface area contributed by atoms with Gasteiger partial charge in [0.1, 0.15) is 5.75 Å². The summed E-state index contributed by atoms with van der Waals surface area (Å²) in [4.78, 5) is 0. The zero-order valence-corrected chi connectivity index (χ0v) is 9.56. The highest BCUT2D eigenvalue weighted by Crippen LogP contribution is 2.34. The van der Waals surface area contributed by atoms with Crippen LogP contribution in [0.15, 0.2) is 12.1 Å². The lowest BCUT2D eigenvalue weighted by Gasteiger charge is -2.12. The van der Waals surface area contributed by atoms with Gasteiger partial charge in [0, 0.05) is 11.6 Å². The Morgan fingerprint density at radius 1 is 1.36 bits per heavy atom. The fraction of sp³-hybridized carbons (Fsp3) is 0.400. The van der Waals surface area contributed by atoms with Crippen molar-refractivity contribution in [3.05, 3.63) is 27.7 Å². The van der Waals surface area contributed by atoms with Crippen LogP contribution >= 0.6 is 23.2 Å². The van der Waals surface area contributed by atoms with Crippen molar-refractivity contribution in [3.8, 4) is 5.75 Å². The standard InChI is InChI=1S/C10H12Cl2O2/c1-3-9(13)6-4-8(12)10(14-2)5-7(6)11/h4-5,9,13H,3H2,1-2H3/t9-/m1/s1. The maximum atomic E-state index is 9.61. The lowest BCUT2D eigenvalue weighted by Crippen LogP contribution is -1.97. The van der Waals surface area contributed by atoms with E-state index in [1.807, 2.05) is 6.92 Å². The van der Waals surface area contributed by atoms with Gasteiger partial charge in [0.05, 0.1) is 23.3 Å². The van der Waals surface area contributed by atoms with Crippen molar-refractivity contribution in [2.24, 2.45) is 0 Å². The third kappa shape index (κ3) is 2.32. The maximum Gasteiger partial charge on any atom is 0.138 e. The fourth-order valence-electron chi connectivity index (χ4n) is 1.18. The van der Waals surface area contributed by atoms with E-state index in [1.165, 1.54) is 7.11 Å². The van der Waals surface area contributed by atoms with E-state index in [-0.39, 0.29) is 0 Å². The van der Waals surface area contributed by atoms with Crippen LogP contribution in [-0.4, -0.2) is 12.2 Å². The first-order valence-electron chi connectivity index (χ1n) is 4.31. The molecule has 1 aromatic carbocycles. The normalized spacial score (nSPS) is 12.6. The quantitative estimate of drug-likeness (QED) is 0.869. The predicted octanol–water partition coefficient (Wildman–Crippen LogP) is 3.45. The van der Waals surface area contributed by atoms with Crippen LogP contribution in [0.5, 0.6) is 5.75 Å². The van der Waals surface area contributed by atoms with E-state index in [2.05, 4.69) is 0 Å². The van der Waals surface area contributed by atoms with Crippen molar-refractivity contribution in [2.45, 2.75) is 19.4 Å². The fourth-order valence-corrected chi connectivity index (χ4v) is 1.70. The summed E-state index contributed by atoms with van der Waals surface area (Å²) in [6.07, 6.45) is 0.0217. The first-order valence-corrected chi connectivity index (χ1v) is 5.06. The molecule has 0 aromatic heterocycles. The molecule has 0 fully saturated rings. The highest BCUT2D eigenvalue weighted by Gasteiger charge is 2.13. The Labute approximate surface area is 93.4 Å². The molecule has 78 valence electrons. The Morgan fingerprint density at radius 2 is 2.00 bits per heavy atom. The van der Waals surface area contributed by atoms with Gasteiger partial charge >= 0.3 is 0 Å². The number of hydrogen-bond acceptors (Lipinski definition) is 2. The van der Waals surface area contributed by atoms with Crippen molar-refractivity contribution >= 4 is 23.2 Å². The van der Waals surface area contributed by atoms with Gasteiger partial charge in [0.25, 0.3) is 0 Å². The second-order valence-corrected chi connectivity index (χ2v) is 3.75. The van der Waals surface area contributed by atoms with Crippen molar-refractivity contribution < 1.29 is 9.84 Å². The summed E-state index contributed by atoms with van der Waals surface area (Å²) < 4.78 is 5.00. The molecule has 0 saturated carbocycles. The molecular weight excluding hydrogens is 223 g/mol. The van der Waals surface area contributed by atoms with E-state index in [9.17, 15) is 5.11 Å². The van der Waals surface area contributed by atoms with Crippen molar-refractivity contribution in [1.29, 1.82) is 0 Å². The summed E-state index contributed by atoms with van der Waals surface area (Å²) in [5.74, 6) is 0.517. The third-order valence-electron chi connectivity index (χ3n) is 2.02. The van der Waals surface area contributed by atoms with E-state index in [1.54, 1.807) is 12.1 Å². The third-order valence-corrected chi connectivity index (χ3v) is 2.64. The molecule has 0 unspecified atom stereocenters. The maximum absolute atomic E-state index is 9.61. The van der Waals surface area contributed by atoms with Crippen LogP contribution < -0.4 is 4.74 Å². The smallest absolute Gasteiger partial charge is 0.138 e. The Bertz CT molecular complexity index is 326. The summed E-state index contributed by atoms with van der Waals surface area (Å²) in [6.45, 7) is 1.87. The number of ether oxygens (including phenoxy) is 1. The molecule has 0 heterocycles. The molecule has 0 spiro atoms. The van der Waals surface area contributed by atoms with Crippen molar-refractivity contribution in [1.82, 2.24) is 0 Å². The predicted molar refractivity (Wildman–Crippen MR) is 58.3 cm³/mol. The Balaban J connectivity index is 3.14. The van der Waals surface area contributed by atoms with Gasteiger partial charge in [0.2, 0.25) is 0 Å². The second-order valence-electron chi connectivity index (χ2n) is 2.93. The van der Waals surface area contributed by atoms with Crippen LogP contribution in [-0.2, 0) is 0 Å².